The Morgan fingerprint density at radius 2 is 1.53 bits per heavy atom. The van der Waals surface area contributed by atoms with Crippen LogP contribution < -0.4 is 0 Å². The van der Waals surface area contributed by atoms with Crippen LogP contribution >= 0.6 is 39.1 Å². The summed E-state index contributed by atoms with van der Waals surface area (Å²) in [6.07, 6.45) is 0.715. The highest BCUT2D eigenvalue weighted by Gasteiger charge is 2.35. The lowest BCUT2D eigenvalue weighted by Gasteiger charge is -2.11. The van der Waals surface area contributed by atoms with Crippen LogP contribution in [0.15, 0.2) is 12.1 Å². The van der Waals surface area contributed by atoms with Gasteiger partial charge in [-0.1, -0.05) is 39.1 Å². The normalized spacial score (nSPS) is 14.4. The smallest absolute Gasteiger partial charge is 0.261 e. The van der Waals surface area contributed by atoms with Crippen molar-refractivity contribution < 1.29 is 9.59 Å². The fourth-order valence-corrected chi connectivity index (χ4v) is 2.28. The number of fused-ring (bicyclic) bond motifs is 1. The minimum absolute atomic E-state index is 0.286. The fourth-order valence-electron chi connectivity index (χ4n) is 1.70. The lowest BCUT2D eigenvalue weighted by molar-refractivity contribution is 0.0655. The van der Waals surface area contributed by atoms with Crippen molar-refractivity contribution >= 4 is 50.9 Å². The zero-order chi connectivity index (χ0) is 12.6. The molecule has 6 heteroatoms. The van der Waals surface area contributed by atoms with E-state index in [1.807, 2.05) is 0 Å². The minimum Gasteiger partial charge on any atom is -0.274 e. The van der Waals surface area contributed by atoms with Gasteiger partial charge in [0.2, 0.25) is 0 Å². The molecule has 0 spiro atoms. The zero-order valence-corrected chi connectivity index (χ0v) is 11.8. The second kappa shape index (κ2) is 4.96. The zero-order valence-electron chi connectivity index (χ0n) is 8.67. The fraction of sp³-hybridized carbons (Fsp3) is 0.273. The highest BCUT2D eigenvalue weighted by atomic mass is 79.9. The maximum absolute atomic E-state index is 12.0. The van der Waals surface area contributed by atoms with E-state index in [9.17, 15) is 9.59 Å². The van der Waals surface area contributed by atoms with Gasteiger partial charge in [-0.05, 0) is 18.6 Å². The molecule has 0 atom stereocenters. The van der Waals surface area contributed by atoms with Crippen LogP contribution in [0.2, 0.25) is 10.0 Å². The Labute approximate surface area is 117 Å². The monoisotopic (exact) mass is 335 g/mol. The van der Waals surface area contributed by atoms with Crippen molar-refractivity contribution in [3.05, 3.63) is 33.3 Å². The molecule has 1 heterocycles. The molecule has 0 unspecified atom stereocenters. The molecule has 2 amide bonds. The Kier molecular flexibility index (Phi) is 3.76. The van der Waals surface area contributed by atoms with Crippen LogP contribution in [0.4, 0.5) is 0 Å². The highest BCUT2D eigenvalue weighted by Crippen LogP contribution is 2.31. The number of benzene rings is 1. The van der Waals surface area contributed by atoms with Crippen molar-refractivity contribution in [2.75, 3.05) is 11.9 Å². The molecule has 0 radical (unpaired) electrons. The van der Waals surface area contributed by atoms with E-state index in [2.05, 4.69) is 15.9 Å². The van der Waals surface area contributed by atoms with Crippen LogP contribution in [0.25, 0.3) is 0 Å². The van der Waals surface area contributed by atoms with Gasteiger partial charge in [0, 0.05) is 11.9 Å². The number of amides is 2. The second-order valence-electron chi connectivity index (χ2n) is 3.62. The Balaban J connectivity index is 2.39. The molecule has 0 fully saturated rings. The highest BCUT2D eigenvalue weighted by molar-refractivity contribution is 9.09. The van der Waals surface area contributed by atoms with Crippen LogP contribution in [-0.2, 0) is 0 Å². The molecule has 0 saturated heterocycles. The van der Waals surface area contributed by atoms with Crippen molar-refractivity contribution in [3.63, 3.8) is 0 Å². The lowest BCUT2D eigenvalue weighted by Crippen LogP contribution is -2.30. The Morgan fingerprint density at radius 3 is 1.94 bits per heavy atom. The van der Waals surface area contributed by atoms with Gasteiger partial charge < -0.3 is 0 Å². The molecule has 1 aliphatic heterocycles. The number of halogens is 3. The molecule has 90 valence electrons. The molecule has 3 nitrogen and oxygen atoms in total. The van der Waals surface area contributed by atoms with Crippen LogP contribution in [0.1, 0.15) is 27.1 Å². The number of rotatable bonds is 3. The second-order valence-corrected chi connectivity index (χ2v) is 5.22. The number of carbonyl (C=O) groups excluding carboxylic acids is 2. The van der Waals surface area contributed by atoms with Gasteiger partial charge >= 0.3 is 0 Å². The molecule has 0 bridgehead atoms. The first-order chi connectivity index (χ1) is 8.06. The standard InChI is InChI=1S/C11H8BrCl2NO2/c12-2-1-3-15-10(16)6-4-8(13)9(14)5-7(6)11(15)17/h4-5H,1-3H2. The average Bonchev–Trinajstić information content (AvgIpc) is 2.51. The van der Waals surface area contributed by atoms with Gasteiger partial charge in [-0.3, -0.25) is 14.5 Å². The lowest BCUT2D eigenvalue weighted by atomic mass is 10.1. The molecule has 1 aromatic carbocycles. The van der Waals surface area contributed by atoms with E-state index in [-0.39, 0.29) is 21.9 Å². The average molecular weight is 337 g/mol. The first-order valence-electron chi connectivity index (χ1n) is 4.97. The molecular weight excluding hydrogens is 329 g/mol. The molecule has 0 saturated carbocycles. The molecule has 1 aliphatic rings. The van der Waals surface area contributed by atoms with Gasteiger partial charge in [-0.2, -0.15) is 0 Å². The first kappa shape index (κ1) is 12.9. The number of hydrogen-bond donors (Lipinski definition) is 0. The maximum atomic E-state index is 12.0. The van der Waals surface area contributed by atoms with Crippen LogP contribution in [0.3, 0.4) is 0 Å². The summed E-state index contributed by atoms with van der Waals surface area (Å²) < 4.78 is 0. The number of imide groups is 1. The summed E-state index contributed by atoms with van der Waals surface area (Å²) in [4.78, 5) is 25.2. The van der Waals surface area contributed by atoms with E-state index in [1.54, 1.807) is 0 Å². The third-order valence-electron chi connectivity index (χ3n) is 2.53. The van der Waals surface area contributed by atoms with Crippen molar-refractivity contribution in [1.29, 1.82) is 0 Å². The Morgan fingerprint density at radius 1 is 1.06 bits per heavy atom. The molecule has 1 aromatic rings. The number of alkyl halides is 1. The summed E-state index contributed by atoms with van der Waals surface area (Å²) >= 11 is 14.9. The largest absolute Gasteiger partial charge is 0.274 e. The summed E-state index contributed by atoms with van der Waals surface area (Å²) in [7, 11) is 0. The summed E-state index contributed by atoms with van der Waals surface area (Å²) in [6.45, 7) is 0.396. The third-order valence-corrected chi connectivity index (χ3v) is 3.81. The van der Waals surface area contributed by atoms with E-state index in [0.29, 0.717) is 24.1 Å². The number of carbonyl (C=O) groups is 2. The summed E-state index contributed by atoms with van der Waals surface area (Å²) in [5.74, 6) is -0.603. The SMILES string of the molecule is O=C1c2cc(Cl)c(Cl)cc2C(=O)N1CCCBr. The summed E-state index contributed by atoms with van der Waals surface area (Å²) in [6, 6.07) is 2.90. The third kappa shape index (κ3) is 2.21. The number of nitrogens with zero attached hydrogens (tertiary/aromatic N) is 1. The van der Waals surface area contributed by atoms with Crippen LogP contribution in [0.5, 0.6) is 0 Å². The van der Waals surface area contributed by atoms with Crippen molar-refractivity contribution in [3.8, 4) is 0 Å². The van der Waals surface area contributed by atoms with Gasteiger partial charge in [0.05, 0.1) is 21.2 Å². The predicted molar refractivity (Wildman–Crippen MR) is 70.2 cm³/mol. The van der Waals surface area contributed by atoms with E-state index in [0.717, 1.165) is 5.33 Å². The van der Waals surface area contributed by atoms with Gasteiger partial charge in [0.15, 0.2) is 0 Å². The van der Waals surface area contributed by atoms with Crippen molar-refractivity contribution in [1.82, 2.24) is 4.90 Å². The van der Waals surface area contributed by atoms with Gasteiger partial charge in [-0.15, -0.1) is 0 Å². The molecule has 0 aliphatic carbocycles. The van der Waals surface area contributed by atoms with Gasteiger partial charge in [0.25, 0.3) is 11.8 Å². The Hall–Kier alpha value is -0.580. The summed E-state index contributed by atoms with van der Waals surface area (Å²) in [5.41, 5.74) is 0.665. The predicted octanol–water partition coefficient (Wildman–Crippen LogP) is 3.37. The topological polar surface area (TPSA) is 37.4 Å². The summed E-state index contributed by atoms with van der Waals surface area (Å²) in [5, 5.41) is 1.31. The van der Waals surface area contributed by atoms with E-state index in [1.165, 1.54) is 17.0 Å². The Bertz CT molecular complexity index is 463. The molecule has 2 rings (SSSR count). The van der Waals surface area contributed by atoms with E-state index in [4.69, 9.17) is 23.2 Å². The van der Waals surface area contributed by atoms with Crippen molar-refractivity contribution in [2.45, 2.75) is 6.42 Å². The molecule has 17 heavy (non-hydrogen) atoms. The quantitative estimate of drug-likeness (QED) is 0.627. The molecular formula is C11H8BrCl2NO2. The van der Waals surface area contributed by atoms with E-state index >= 15 is 0 Å². The van der Waals surface area contributed by atoms with Crippen LogP contribution in [0, 0.1) is 0 Å². The minimum atomic E-state index is -0.301. The first-order valence-corrected chi connectivity index (χ1v) is 6.85. The van der Waals surface area contributed by atoms with Crippen LogP contribution in [-0.4, -0.2) is 28.6 Å². The molecule has 0 aromatic heterocycles. The number of hydrogen-bond acceptors (Lipinski definition) is 2. The molecule has 0 N–H and O–H groups in total. The van der Waals surface area contributed by atoms with Crippen molar-refractivity contribution in [2.24, 2.45) is 0 Å². The maximum Gasteiger partial charge on any atom is 0.261 e. The van der Waals surface area contributed by atoms with E-state index < -0.39 is 0 Å². The van der Waals surface area contributed by atoms with Gasteiger partial charge in [-0.25, -0.2) is 0 Å². The van der Waals surface area contributed by atoms with Gasteiger partial charge in [0.1, 0.15) is 0 Å².